The van der Waals surface area contributed by atoms with E-state index in [1.165, 1.54) is 0 Å². The number of aromatic nitrogens is 2. The Kier molecular flexibility index (Phi) is 2.72. The summed E-state index contributed by atoms with van der Waals surface area (Å²) in [4.78, 5) is 8.47. The Bertz CT molecular complexity index is 474. The molecule has 16 heavy (non-hydrogen) atoms. The van der Waals surface area contributed by atoms with E-state index in [1.54, 1.807) is 24.3 Å². The highest BCUT2D eigenvalue weighted by atomic mass is 16.3. The Morgan fingerprint density at radius 1 is 1.06 bits per heavy atom. The summed E-state index contributed by atoms with van der Waals surface area (Å²) < 4.78 is 0. The molecule has 82 valence electrons. The molecule has 0 fully saturated rings. The van der Waals surface area contributed by atoms with Gasteiger partial charge in [-0.2, -0.15) is 0 Å². The molecule has 2 rings (SSSR count). The summed E-state index contributed by atoms with van der Waals surface area (Å²) in [6, 6.07) is 8.72. The van der Waals surface area contributed by atoms with E-state index in [1.807, 2.05) is 19.9 Å². The maximum Gasteiger partial charge on any atom is 0.134 e. The summed E-state index contributed by atoms with van der Waals surface area (Å²) >= 11 is 0. The number of rotatable bonds is 2. The number of hydrogen-bond acceptors (Lipinski definition) is 4. The van der Waals surface area contributed by atoms with Crippen molar-refractivity contribution in [3.63, 3.8) is 0 Å². The van der Waals surface area contributed by atoms with Crippen LogP contribution in [-0.2, 0) is 0 Å². The molecule has 0 radical (unpaired) electrons. The number of phenols is 1. The van der Waals surface area contributed by atoms with Crippen LogP contribution in [0.5, 0.6) is 5.75 Å². The quantitative estimate of drug-likeness (QED) is 0.756. The van der Waals surface area contributed by atoms with E-state index in [2.05, 4.69) is 15.3 Å². The van der Waals surface area contributed by atoms with Crippen LogP contribution < -0.4 is 5.32 Å². The lowest BCUT2D eigenvalue weighted by atomic mass is 10.3. The van der Waals surface area contributed by atoms with Gasteiger partial charge in [-0.05, 0) is 38.1 Å². The number of hydrogen-bond donors (Lipinski definition) is 2. The predicted octanol–water partition coefficient (Wildman–Crippen LogP) is 2.54. The molecule has 0 aliphatic heterocycles. The van der Waals surface area contributed by atoms with E-state index in [9.17, 15) is 0 Å². The number of aromatic hydroxyl groups is 1. The Morgan fingerprint density at radius 3 is 2.38 bits per heavy atom. The molecule has 0 bridgehead atoms. The molecule has 0 spiro atoms. The highest BCUT2D eigenvalue weighted by Gasteiger charge is 1.99. The summed E-state index contributed by atoms with van der Waals surface area (Å²) in [7, 11) is 0. The largest absolute Gasteiger partial charge is 0.508 e. The molecular weight excluding hydrogens is 202 g/mol. The Labute approximate surface area is 94.0 Å². The molecule has 0 saturated carbocycles. The van der Waals surface area contributed by atoms with Gasteiger partial charge in [0.2, 0.25) is 0 Å². The highest BCUT2D eigenvalue weighted by Crippen LogP contribution is 2.18. The lowest BCUT2D eigenvalue weighted by Crippen LogP contribution is -1.98. The first-order valence-electron chi connectivity index (χ1n) is 5.02. The standard InChI is InChI=1S/C12H13N3O/c1-8-7-12(14-9(2)13-8)15-10-3-5-11(16)6-4-10/h3-7,16H,1-2H3,(H,13,14,15). The summed E-state index contributed by atoms with van der Waals surface area (Å²) in [5, 5.41) is 12.3. The maximum absolute atomic E-state index is 9.16. The normalized spacial score (nSPS) is 10.1. The number of phenolic OH excluding ortho intramolecular Hbond substituents is 1. The minimum absolute atomic E-state index is 0.251. The third kappa shape index (κ3) is 2.48. The number of anilines is 2. The zero-order valence-electron chi connectivity index (χ0n) is 9.23. The molecular formula is C12H13N3O. The molecule has 4 nitrogen and oxygen atoms in total. The lowest BCUT2D eigenvalue weighted by Gasteiger charge is -2.06. The van der Waals surface area contributed by atoms with Gasteiger partial charge < -0.3 is 10.4 Å². The molecule has 1 aromatic heterocycles. The topological polar surface area (TPSA) is 58.0 Å². The average Bonchev–Trinajstić information content (AvgIpc) is 2.20. The second kappa shape index (κ2) is 4.18. The molecule has 0 aliphatic rings. The van der Waals surface area contributed by atoms with E-state index < -0.39 is 0 Å². The van der Waals surface area contributed by atoms with E-state index in [4.69, 9.17) is 5.11 Å². The van der Waals surface area contributed by atoms with Crippen LogP contribution in [0.2, 0.25) is 0 Å². The van der Waals surface area contributed by atoms with Gasteiger partial charge in [-0.3, -0.25) is 0 Å². The van der Waals surface area contributed by atoms with E-state index in [0.717, 1.165) is 23.0 Å². The molecule has 0 atom stereocenters. The molecule has 0 saturated heterocycles. The second-order valence-corrected chi connectivity index (χ2v) is 3.61. The number of nitrogens with one attached hydrogen (secondary N) is 1. The molecule has 0 aliphatic carbocycles. The van der Waals surface area contributed by atoms with Crippen molar-refractivity contribution in [1.29, 1.82) is 0 Å². The van der Waals surface area contributed by atoms with Crippen LogP contribution in [0.25, 0.3) is 0 Å². The van der Waals surface area contributed by atoms with Crippen molar-refractivity contribution in [3.05, 3.63) is 41.9 Å². The van der Waals surface area contributed by atoms with Crippen molar-refractivity contribution in [2.45, 2.75) is 13.8 Å². The van der Waals surface area contributed by atoms with Crippen molar-refractivity contribution in [2.75, 3.05) is 5.32 Å². The molecule has 0 unspecified atom stereocenters. The van der Waals surface area contributed by atoms with Crippen LogP contribution >= 0.6 is 0 Å². The number of benzene rings is 1. The van der Waals surface area contributed by atoms with Gasteiger partial charge in [-0.1, -0.05) is 0 Å². The maximum atomic E-state index is 9.16. The molecule has 2 N–H and O–H groups in total. The zero-order chi connectivity index (χ0) is 11.5. The van der Waals surface area contributed by atoms with Crippen molar-refractivity contribution in [3.8, 4) is 5.75 Å². The zero-order valence-corrected chi connectivity index (χ0v) is 9.23. The van der Waals surface area contributed by atoms with Crippen molar-refractivity contribution < 1.29 is 5.11 Å². The van der Waals surface area contributed by atoms with Gasteiger partial charge in [-0.25, -0.2) is 9.97 Å². The van der Waals surface area contributed by atoms with Crippen molar-refractivity contribution in [1.82, 2.24) is 9.97 Å². The van der Waals surface area contributed by atoms with Gasteiger partial charge in [0, 0.05) is 17.4 Å². The molecule has 1 heterocycles. The van der Waals surface area contributed by atoms with Crippen molar-refractivity contribution >= 4 is 11.5 Å². The summed E-state index contributed by atoms with van der Waals surface area (Å²) in [5.41, 5.74) is 1.81. The van der Waals surface area contributed by atoms with Crippen LogP contribution in [0.3, 0.4) is 0 Å². The average molecular weight is 215 g/mol. The number of nitrogens with zero attached hydrogens (tertiary/aromatic N) is 2. The van der Waals surface area contributed by atoms with Crippen LogP contribution in [0.1, 0.15) is 11.5 Å². The Morgan fingerprint density at radius 2 is 1.75 bits per heavy atom. The van der Waals surface area contributed by atoms with Gasteiger partial charge >= 0.3 is 0 Å². The van der Waals surface area contributed by atoms with Gasteiger partial charge in [-0.15, -0.1) is 0 Å². The van der Waals surface area contributed by atoms with Crippen LogP contribution in [0.15, 0.2) is 30.3 Å². The summed E-state index contributed by atoms with van der Waals surface area (Å²) in [6.07, 6.45) is 0. The minimum atomic E-state index is 0.251. The van der Waals surface area contributed by atoms with Gasteiger partial charge in [0.15, 0.2) is 0 Å². The van der Waals surface area contributed by atoms with Crippen molar-refractivity contribution in [2.24, 2.45) is 0 Å². The summed E-state index contributed by atoms with van der Waals surface area (Å²) in [5.74, 6) is 1.75. The fraction of sp³-hybridized carbons (Fsp3) is 0.167. The second-order valence-electron chi connectivity index (χ2n) is 3.61. The predicted molar refractivity (Wildman–Crippen MR) is 62.9 cm³/mol. The number of aryl methyl sites for hydroxylation is 2. The molecule has 0 amide bonds. The van der Waals surface area contributed by atoms with Crippen LogP contribution in [-0.4, -0.2) is 15.1 Å². The lowest BCUT2D eigenvalue weighted by molar-refractivity contribution is 0.475. The monoisotopic (exact) mass is 215 g/mol. The first-order valence-corrected chi connectivity index (χ1v) is 5.02. The van der Waals surface area contributed by atoms with Crippen LogP contribution in [0, 0.1) is 13.8 Å². The highest BCUT2D eigenvalue weighted by molar-refractivity contribution is 5.57. The van der Waals surface area contributed by atoms with E-state index >= 15 is 0 Å². The van der Waals surface area contributed by atoms with E-state index in [0.29, 0.717) is 0 Å². The first kappa shape index (κ1) is 10.4. The SMILES string of the molecule is Cc1cc(Nc2ccc(O)cc2)nc(C)n1. The van der Waals surface area contributed by atoms with E-state index in [-0.39, 0.29) is 5.75 Å². The Hall–Kier alpha value is -2.10. The third-order valence-electron chi connectivity index (χ3n) is 2.11. The van der Waals surface area contributed by atoms with Gasteiger partial charge in [0.05, 0.1) is 0 Å². The molecule has 2 aromatic rings. The third-order valence-corrected chi connectivity index (χ3v) is 2.11. The molecule has 4 heteroatoms. The van der Waals surface area contributed by atoms with Crippen LogP contribution in [0.4, 0.5) is 11.5 Å². The Balaban J connectivity index is 2.23. The fourth-order valence-electron chi connectivity index (χ4n) is 1.47. The first-order chi connectivity index (χ1) is 7.63. The van der Waals surface area contributed by atoms with Gasteiger partial charge in [0.1, 0.15) is 17.4 Å². The minimum Gasteiger partial charge on any atom is -0.508 e. The summed E-state index contributed by atoms with van der Waals surface area (Å²) in [6.45, 7) is 3.78. The fourth-order valence-corrected chi connectivity index (χ4v) is 1.47. The van der Waals surface area contributed by atoms with Gasteiger partial charge in [0.25, 0.3) is 0 Å². The smallest absolute Gasteiger partial charge is 0.134 e. The molecule has 1 aromatic carbocycles.